The third-order valence-corrected chi connectivity index (χ3v) is 1.34. The van der Waals surface area contributed by atoms with Crippen LogP contribution in [0, 0.1) is 11.3 Å². The number of halogens is 3. The molecule has 0 aromatic carbocycles. The number of ether oxygens (including phenoxy) is 1. The van der Waals surface area contributed by atoms with Crippen molar-refractivity contribution in [1.29, 1.82) is 5.26 Å². The molecular weight excluding hydrogens is 227 g/mol. The van der Waals surface area contributed by atoms with Crippen LogP contribution in [0.3, 0.4) is 0 Å². The molecule has 0 aliphatic carbocycles. The Bertz CT molecular complexity index is 250. The summed E-state index contributed by atoms with van der Waals surface area (Å²) >= 11 is 0. The number of nitriles is 1. The highest BCUT2D eigenvalue weighted by Crippen LogP contribution is 2.13. The maximum Gasteiger partial charge on any atom is 0.411 e. The van der Waals surface area contributed by atoms with Gasteiger partial charge in [0.05, 0.1) is 19.2 Å². The first-order valence-electron chi connectivity index (χ1n) is 4.44. The van der Waals surface area contributed by atoms with E-state index in [1.165, 1.54) is 0 Å². The van der Waals surface area contributed by atoms with Gasteiger partial charge in [-0.3, -0.25) is 4.79 Å². The smallest absolute Gasteiger partial charge is 0.371 e. The number of amides is 1. The van der Waals surface area contributed by atoms with Gasteiger partial charge in [-0.1, -0.05) is 0 Å². The molecule has 0 saturated heterocycles. The fraction of sp³-hybridized carbons (Fsp3) is 0.750. The summed E-state index contributed by atoms with van der Waals surface area (Å²) in [7, 11) is 0. The molecular formula is C8H12F3N3O2. The summed E-state index contributed by atoms with van der Waals surface area (Å²) in [5.41, 5.74) is 0. The van der Waals surface area contributed by atoms with Crippen LogP contribution in [0.2, 0.25) is 0 Å². The second-order valence-electron chi connectivity index (χ2n) is 2.78. The van der Waals surface area contributed by atoms with E-state index in [9.17, 15) is 18.0 Å². The van der Waals surface area contributed by atoms with Crippen molar-refractivity contribution in [2.24, 2.45) is 0 Å². The van der Waals surface area contributed by atoms with E-state index in [0.29, 0.717) is 0 Å². The first-order valence-corrected chi connectivity index (χ1v) is 4.44. The second kappa shape index (κ2) is 7.90. The molecule has 5 nitrogen and oxygen atoms in total. The lowest BCUT2D eigenvalue weighted by molar-refractivity contribution is -0.173. The lowest BCUT2D eigenvalue weighted by Crippen LogP contribution is -2.35. The molecule has 0 atom stereocenters. The predicted octanol–water partition coefficient (Wildman–Crippen LogP) is -0.205. The largest absolute Gasteiger partial charge is 0.411 e. The highest BCUT2D eigenvalue weighted by molar-refractivity contribution is 5.78. The van der Waals surface area contributed by atoms with Crippen molar-refractivity contribution >= 4 is 5.91 Å². The summed E-state index contributed by atoms with van der Waals surface area (Å²) in [6, 6.07) is 1.72. The maximum atomic E-state index is 11.6. The third kappa shape index (κ3) is 10.7. The fourth-order valence-corrected chi connectivity index (χ4v) is 0.735. The molecule has 0 unspecified atom stereocenters. The van der Waals surface area contributed by atoms with Gasteiger partial charge in [0.25, 0.3) is 0 Å². The van der Waals surface area contributed by atoms with E-state index in [1.54, 1.807) is 6.07 Å². The molecule has 0 radical (unpaired) electrons. The molecule has 8 heteroatoms. The molecule has 2 N–H and O–H groups in total. The summed E-state index contributed by atoms with van der Waals surface area (Å²) in [5, 5.41) is 13.0. The van der Waals surface area contributed by atoms with Crippen LogP contribution in [0.5, 0.6) is 0 Å². The van der Waals surface area contributed by atoms with E-state index in [2.05, 4.69) is 15.4 Å². The van der Waals surface area contributed by atoms with Gasteiger partial charge in [0.2, 0.25) is 5.91 Å². The predicted molar refractivity (Wildman–Crippen MR) is 48.4 cm³/mol. The van der Waals surface area contributed by atoms with Crippen LogP contribution in [0.1, 0.15) is 0 Å². The normalized spacial score (nSPS) is 10.9. The van der Waals surface area contributed by atoms with Crippen LogP contribution >= 0.6 is 0 Å². The van der Waals surface area contributed by atoms with Gasteiger partial charge in [0.15, 0.2) is 0 Å². The van der Waals surface area contributed by atoms with Crippen molar-refractivity contribution < 1.29 is 22.7 Å². The van der Waals surface area contributed by atoms with Crippen LogP contribution in [-0.2, 0) is 9.53 Å². The Morgan fingerprint density at radius 2 is 2.12 bits per heavy atom. The van der Waals surface area contributed by atoms with E-state index in [-0.39, 0.29) is 26.2 Å². The van der Waals surface area contributed by atoms with Gasteiger partial charge in [0.1, 0.15) is 13.2 Å². The third-order valence-electron chi connectivity index (χ3n) is 1.34. The van der Waals surface area contributed by atoms with Gasteiger partial charge in [-0.25, -0.2) is 0 Å². The standard InChI is InChI=1S/C8H12F3N3O2/c9-8(10,11)6-16-4-3-13-5-7(15)14-2-1-12/h13H,2-6H2,(H,14,15). The molecule has 0 heterocycles. The highest BCUT2D eigenvalue weighted by atomic mass is 19.4. The number of hydrogen-bond donors (Lipinski definition) is 2. The van der Waals surface area contributed by atoms with Crippen molar-refractivity contribution in [3.8, 4) is 6.07 Å². The summed E-state index contributed by atoms with van der Waals surface area (Å²) in [4.78, 5) is 10.8. The van der Waals surface area contributed by atoms with Gasteiger partial charge in [0, 0.05) is 6.54 Å². The van der Waals surface area contributed by atoms with E-state index in [4.69, 9.17) is 5.26 Å². The monoisotopic (exact) mass is 239 g/mol. The second-order valence-corrected chi connectivity index (χ2v) is 2.78. The first-order chi connectivity index (χ1) is 7.45. The summed E-state index contributed by atoms with van der Waals surface area (Å²) < 4.78 is 39.1. The number of nitrogens with one attached hydrogen (secondary N) is 2. The summed E-state index contributed by atoms with van der Waals surface area (Å²) in [6.45, 7) is -1.45. The van der Waals surface area contributed by atoms with Gasteiger partial charge < -0.3 is 15.4 Å². The van der Waals surface area contributed by atoms with E-state index in [0.717, 1.165) is 0 Å². The minimum absolute atomic E-state index is 0.0585. The molecule has 16 heavy (non-hydrogen) atoms. The average Bonchev–Trinajstić information content (AvgIpc) is 2.18. The van der Waals surface area contributed by atoms with Crippen molar-refractivity contribution in [1.82, 2.24) is 10.6 Å². The van der Waals surface area contributed by atoms with Crippen LogP contribution < -0.4 is 10.6 Å². The number of nitrogens with zero attached hydrogens (tertiary/aromatic N) is 1. The molecule has 0 bridgehead atoms. The molecule has 0 spiro atoms. The van der Waals surface area contributed by atoms with E-state index >= 15 is 0 Å². The Balaban J connectivity index is 3.28. The minimum Gasteiger partial charge on any atom is -0.371 e. The Morgan fingerprint density at radius 1 is 1.44 bits per heavy atom. The van der Waals surface area contributed by atoms with Crippen molar-refractivity contribution in [2.75, 3.05) is 32.8 Å². The molecule has 0 aromatic rings. The molecule has 0 fully saturated rings. The molecule has 0 aromatic heterocycles. The number of carbonyl (C=O) groups excluding carboxylic acids is 1. The quantitative estimate of drug-likeness (QED) is 0.476. The summed E-state index contributed by atoms with van der Waals surface area (Å²) in [6.07, 6.45) is -4.33. The molecule has 0 saturated carbocycles. The fourth-order valence-electron chi connectivity index (χ4n) is 0.735. The lowest BCUT2D eigenvalue weighted by atomic mass is 10.5. The van der Waals surface area contributed by atoms with Crippen molar-refractivity contribution in [3.05, 3.63) is 0 Å². The number of rotatable bonds is 7. The molecule has 0 rings (SSSR count). The molecule has 1 amide bonds. The first kappa shape index (κ1) is 14.7. The lowest BCUT2D eigenvalue weighted by Gasteiger charge is -2.08. The van der Waals surface area contributed by atoms with Crippen LogP contribution in [0.25, 0.3) is 0 Å². The van der Waals surface area contributed by atoms with Crippen molar-refractivity contribution in [2.45, 2.75) is 6.18 Å². The van der Waals surface area contributed by atoms with Crippen LogP contribution in [0.15, 0.2) is 0 Å². The molecule has 0 aliphatic rings. The van der Waals surface area contributed by atoms with Gasteiger partial charge in [-0.2, -0.15) is 18.4 Å². The Kier molecular flexibility index (Phi) is 7.24. The van der Waals surface area contributed by atoms with Gasteiger partial charge in [-0.15, -0.1) is 0 Å². The zero-order chi connectivity index (χ0) is 12.4. The maximum absolute atomic E-state index is 11.6. The SMILES string of the molecule is N#CCNC(=O)CNCCOCC(F)(F)F. The van der Waals surface area contributed by atoms with E-state index < -0.39 is 18.7 Å². The Hall–Kier alpha value is -1.33. The topological polar surface area (TPSA) is 74.2 Å². The zero-order valence-electron chi connectivity index (χ0n) is 8.43. The van der Waals surface area contributed by atoms with Gasteiger partial charge in [-0.05, 0) is 0 Å². The van der Waals surface area contributed by atoms with Crippen molar-refractivity contribution in [3.63, 3.8) is 0 Å². The Morgan fingerprint density at radius 3 is 2.69 bits per heavy atom. The van der Waals surface area contributed by atoms with E-state index in [1.807, 2.05) is 0 Å². The van der Waals surface area contributed by atoms with Crippen LogP contribution in [0.4, 0.5) is 13.2 Å². The number of hydrogen-bond acceptors (Lipinski definition) is 4. The van der Waals surface area contributed by atoms with Crippen LogP contribution in [-0.4, -0.2) is 44.9 Å². The average molecular weight is 239 g/mol. The van der Waals surface area contributed by atoms with Gasteiger partial charge >= 0.3 is 6.18 Å². The highest BCUT2D eigenvalue weighted by Gasteiger charge is 2.27. The molecule has 92 valence electrons. The minimum atomic E-state index is -4.33. The number of carbonyl (C=O) groups is 1. The number of alkyl halides is 3. The Labute approximate surface area is 90.6 Å². The molecule has 0 aliphatic heterocycles. The zero-order valence-corrected chi connectivity index (χ0v) is 8.43. The summed E-state index contributed by atoms with van der Waals surface area (Å²) in [5.74, 6) is -0.391.